The molecule has 1 fully saturated rings. The highest BCUT2D eigenvalue weighted by atomic mass is 16.2. The van der Waals surface area contributed by atoms with Gasteiger partial charge in [0.15, 0.2) is 0 Å². The van der Waals surface area contributed by atoms with Gasteiger partial charge in [0.1, 0.15) is 11.7 Å². The molecule has 1 aliphatic rings. The summed E-state index contributed by atoms with van der Waals surface area (Å²) in [6.07, 6.45) is 3.96. The van der Waals surface area contributed by atoms with E-state index in [4.69, 9.17) is 0 Å². The molecule has 0 unspecified atom stereocenters. The van der Waals surface area contributed by atoms with Gasteiger partial charge in [-0.2, -0.15) is 0 Å². The lowest BCUT2D eigenvalue weighted by Gasteiger charge is -2.13. The van der Waals surface area contributed by atoms with Gasteiger partial charge >= 0.3 is 6.03 Å². The first-order valence-corrected chi connectivity index (χ1v) is 9.65. The van der Waals surface area contributed by atoms with Crippen LogP contribution in [0.1, 0.15) is 16.8 Å². The SMILES string of the molecule is Cc1ccc2nc(CN3C(=O)N[C@@H](Cc4c[nH]c5ccccc45)C3=O)cc(=O)n2c1. The third-order valence-electron chi connectivity index (χ3n) is 5.39. The van der Waals surface area contributed by atoms with E-state index in [-0.39, 0.29) is 18.0 Å². The van der Waals surface area contributed by atoms with E-state index >= 15 is 0 Å². The van der Waals surface area contributed by atoms with Gasteiger partial charge in [-0.1, -0.05) is 24.3 Å². The van der Waals surface area contributed by atoms with Gasteiger partial charge in [0.25, 0.3) is 11.5 Å². The number of pyridine rings is 1. The van der Waals surface area contributed by atoms with Crippen molar-refractivity contribution < 1.29 is 9.59 Å². The van der Waals surface area contributed by atoms with E-state index in [1.807, 2.05) is 43.5 Å². The van der Waals surface area contributed by atoms with Crippen LogP contribution in [0.3, 0.4) is 0 Å². The van der Waals surface area contributed by atoms with Crippen molar-refractivity contribution in [2.45, 2.75) is 25.9 Å². The number of aromatic nitrogens is 3. The number of benzene rings is 1. The Morgan fingerprint density at radius 1 is 1.10 bits per heavy atom. The second-order valence-electron chi connectivity index (χ2n) is 7.51. The lowest BCUT2D eigenvalue weighted by atomic mass is 10.1. The molecule has 2 N–H and O–H groups in total. The molecule has 3 amide bonds. The Balaban J connectivity index is 1.39. The lowest BCUT2D eigenvalue weighted by molar-refractivity contribution is -0.127. The summed E-state index contributed by atoms with van der Waals surface area (Å²) in [6.45, 7) is 1.84. The first kappa shape index (κ1) is 18.1. The summed E-state index contributed by atoms with van der Waals surface area (Å²) < 4.78 is 1.45. The van der Waals surface area contributed by atoms with Crippen molar-refractivity contribution in [1.29, 1.82) is 0 Å². The number of urea groups is 1. The van der Waals surface area contributed by atoms with Crippen LogP contribution in [0.5, 0.6) is 0 Å². The molecule has 5 rings (SSSR count). The Bertz CT molecular complexity index is 1370. The number of fused-ring (bicyclic) bond motifs is 2. The molecule has 3 aromatic heterocycles. The predicted octanol–water partition coefficient (Wildman–Crippen LogP) is 2.15. The van der Waals surface area contributed by atoms with Crippen LogP contribution in [-0.4, -0.2) is 37.2 Å². The maximum Gasteiger partial charge on any atom is 0.325 e. The van der Waals surface area contributed by atoms with Gasteiger partial charge < -0.3 is 10.3 Å². The third kappa shape index (κ3) is 3.02. The molecule has 4 aromatic rings. The molecule has 8 heteroatoms. The van der Waals surface area contributed by atoms with E-state index < -0.39 is 12.1 Å². The van der Waals surface area contributed by atoms with Crippen LogP contribution in [0.25, 0.3) is 16.6 Å². The Hall–Kier alpha value is -3.94. The van der Waals surface area contributed by atoms with Gasteiger partial charge in [0, 0.05) is 35.8 Å². The summed E-state index contributed by atoms with van der Waals surface area (Å²) in [4.78, 5) is 46.5. The van der Waals surface area contributed by atoms with Gasteiger partial charge in [0.05, 0.1) is 12.2 Å². The van der Waals surface area contributed by atoms with Gasteiger partial charge in [-0.05, 0) is 30.2 Å². The van der Waals surface area contributed by atoms with Crippen LogP contribution in [-0.2, 0) is 17.8 Å². The number of nitrogens with zero attached hydrogens (tertiary/aromatic N) is 3. The molecule has 150 valence electrons. The number of imide groups is 1. The smallest absolute Gasteiger partial charge is 0.325 e. The highest BCUT2D eigenvalue weighted by molar-refractivity contribution is 6.04. The van der Waals surface area contributed by atoms with E-state index in [9.17, 15) is 14.4 Å². The number of aryl methyl sites for hydroxylation is 1. The lowest BCUT2D eigenvalue weighted by Crippen LogP contribution is -2.32. The highest BCUT2D eigenvalue weighted by Crippen LogP contribution is 2.21. The minimum atomic E-state index is -0.652. The zero-order valence-electron chi connectivity index (χ0n) is 16.3. The average molecular weight is 401 g/mol. The van der Waals surface area contributed by atoms with Gasteiger partial charge in [-0.3, -0.25) is 18.9 Å². The van der Waals surface area contributed by atoms with E-state index in [1.54, 1.807) is 12.3 Å². The molecule has 1 aliphatic heterocycles. The maximum absolute atomic E-state index is 12.9. The van der Waals surface area contributed by atoms with Crippen LogP contribution in [0.15, 0.2) is 59.7 Å². The second kappa shape index (κ2) is 6.84. The van der Waals surface area contributed by atoms with Crippen LogP contribution in [0.2, 0.25) is 0 Å². The largest absolute Gasteiger partial charge is 0.361 e. The number of H-pyrrole nitrogens is 1. The summed E-state index contributed by atoms with van der Waals surface area (Å²) in [7, 11) is 0. The van der Waals surface area contributed by atoms with Gasteiger partial charge in [-0.25, -0.2) is 9.78 Å². The normalized spacial score (nSPS) is 16.6. The van der Waals surface area contributed by atoms with Crippen molar-refractivity contribution in [3.05, 3.63) is 82.0 Å². The zero-order chi connectivity index (χ0) is 20.8. The molecule has 0 radical (unpaired) electrons. The molecule has 1 saturated heterocycles. The topological polar surface area (TPSA) is 99.6 Å². The van der Waals surface area contributed by atoms with Crippen molar-refractivity contribution >= 4 is 28.5 Å². The first-order chi connectivity index (χ1) is 14.5. The first-order valence-electron chi connectivity index (χ1n) is 9.65. The van der Waals surface area contributed by atoms with Crippen molar-refractivity contribution in [3.8, 4) is 0 Å². The van der Waals surface area contributed by atoms with Gasteiger partial charge in [0.2, 0.25) is 0 Å². The Morgan fingerprint density at radius 2 is 1.93 bits per heavy atom. The molecule has 30 heavy (non-hydrogen) atoms. The molecular formula is C22H19N5O3. The van der Waals surface area contributed by atoms with Crippen molar-refractivity contribution in [3.63, 3.8) is 0 Å². The molecular weight excluding hydrogens is 382 g/mol. The molecule has 4 heterocycles. The molecule has 0 bridgehead atoms. The fraction of sp³-hybridized carbons (Fsp3) is 0.182. The summed E-state index contributed by atoms with van der Waals surface area (Å²) in [5.74, 6) is -0.323. The summed E-state index contributed by atoms with van der Waals surface area (Å²) in [5.41, 5.74) is 3.49. The monoisotopic (exact) mass is 401 g/mol. The Labute approximate surface area is 171 Å². The molecule has 1 aromatic carbocycles. The summed E-state index contributed by atoms with van der Waals surface area (Å²) >= 11 is 0. The highest BCUT2D eigenvalue weighted by Gasteiger charge is 2.38. The van der Waals surface area contributed by atoms with Crippen LogP contribution in [0.4, 0.5) is 4.79 Å². The fourth-order valence-electron chi connectivity index (χ4n) is 3.89. The Kier molecular flexibility index (Phi) is 4.13. The minimum Gasteiger partial charge on any atom is -0.361 e. The third-order valence-corrected chi connectivity index (χ3v) is 5.39. The van der Waals surface area contributed by atoms with Crippen LogP contribution < -0.4 is 10.9 Å². The number of aromatic amines is 1. The van der Waals surface area contributed by atoms with Gasteiger partial charge in [-0.15, -0.1) is 0 Å². The number of carbonyl (C=O) groups excluding carboxylic acids is 2. The fourth-order valence-corrected chi connectivity index (χ4v) is 3.89. The van der Waals surface area contributed by atoms with Crippen molar-refractivity contribution in [2.75, 3.05) is 0 Å². The molecule has 1 atom stereocenters. The zero-order valence-corrected chi connectivity index (χ0v) is 16.3. The number of hydrogen-bond donors (Lipinski definition) is 2. The maximum atomic E-state index is 12.9. The van der Waals surface area contributed by atoms with E-state index in [0.29, 0.717) is 17.8 Å². The Morgan fingerprint density at radius 3 is 2.80 bits per heavy atom. The van der Waals surface area contributed by atoms with Crippen molar-refractivity contribution in [1.82, 2.24) is 24.6 Å². The quantitative estimate of drug-likeness (QED) is 0.512. The summed E-state index contributed by atoms with van der Waals surface area (Å²) in [6, 6.07) is 11.7. The van der Waals surface area contributed by atoms with Crippen LogP contribution >= 0.6 is 0 Å². The molecule has 0 saturated carbocycles. The molecule has 8 nitrogen and oxygen atoms in total. The summed E-state index contributed by atoms with van der Waals surface area (Å²) in [5, 5.41) is 3.77. The predicted molar refractivity (Wildman–Crippen MR) is 111 cm³/mol. The van der Waals surface area contributed by atoms with Crippen molar-refractivity contribution in [2.24, 2.45) is 0 Å². The molecule has 0 aliphatic carbocycles. The van der Waals surface area contributed by atoms with Crippen LogP contribution in [0, 0.1) is 6.92 Å². The number of hydrogen-bond acceptors (Lipinski definition) is 4. The number of nitrogens with one attached hydrogen (secondary N) is 2. The average Bonchev–Trinajstić information content (AvgIpc) is 3.25. The molecule has 0 spiro atoms. The number of amides is 3. The van der Waals surface area contributed by atoms with E-state index in [2.05, 4.69) is 15.3 Å². The minimum absolute atomic E-state index is 0.0470. The number of carbonyl (C=O) groups is 2. The second-order valence-corrected chi connectivity index (χ2v) is 7.51. The number of rotatable bonds is 4. The number of para-hydroxylation sites is 1. The van der Waals surface area contributed by atoms with E-state index in [0.717, 1.165) is 26.9 Å². The standard InChI is InChI=1S/C22H19N5O3/c1-13-6-7-19-24-15(9-20(28)26(19)11-13)12-27-21(29)18(25-22(27)30)8-14-10-23-17-5-3-2-4-16(14)17/h2-7,9-11,18,23H,8,12H2,1H3,(H,25,30)/t18-/m0/s1. The van der Waals surface area contributed by atoms with E-state index in [1.165, 1.54) is 10.5 Å².